The van der Waals surface area contributed by atoms with Gasteiger partial charge in [0.15, 0.2) is 0 Å². The molecule has 0 bridgehead atoms. The molecule has 0 saturated heterocycles. The quantitative estimate of drug-likeness (QED) is 0.788. The van der Waals surface area contributed by atoms with E-state index >= 15 is 0 Å². The summed E-state index contributed by atoms with van der Waals surface area (Å²) in [4.78, 5) is 1.37. The van der Waals surface area contributed by atoms with Crippen molar-refractivity contribution < 1.29 is 0 Å². The molecule has 0 aliphatic carbocycles. The van der Waals surface area contributed by atoms with Crippen LogP contribution in [0.25, 0.3) is 0 Å². The lowest BCUT2D eigenvalue weighted by molar-refractivity contribution is 0.599. The van der Waals surface area contributed by atoms with E-state index in [0.29, 0.717) is 6.04 Å². The third kappa shape index (κ3) is 3.68. The molecule has 0 aliphatic rings. The van der Waals surface area contributed by atoms with Gasteiger partial charge in [-0.05, 0) is 61.0 Å². The smallest absolute Gasteiger partial charge is 0.0585 e. The average molecular weight is 338 g/mol. The van der Waals surface area contributed by atoms with Crippen LogP contribution in [0.1, 0.15) is 41.0 Å². The maximum absolute atomic E-state index is 3.65. The number of benzene rings is 1. The Bertz CT molecular complexity index is 547. The Balaban J connectivity index is 2.33. The fourth-order valence-corrected chi connectivity index (χ4v) is 3.25. The standard InChI is InChI=1S/C16H20BrNS/c1-4-7-18-16(14-8-12(3)19-10-14)13-6-5-11(2)15(17)9-13/h5-6,8-10,16,18H,4,7H2,1-3H3. The number of hydrogen-bond donors (Lipinski definition) is 1. The summed E-state index contributed by atoms with van der Waals surface area (Å²) in [7, 11) is 0. The van der Waals surface area contributed by atoms with Gasteiger partial charge in [0.25, 0.3) is 0 Å². The number of thiophene rings is 1. The molecule has 0 fully saturated rings. The Labute approximate surface area is 128 Å². The molecule has 1 heterocycles. The van der Waals surface area contributed by atoms with Crippen LogP contribution in [-0.4, -0.2) is 6.54 Å². The zero-order valence-electron chi connectivity index (χ0n) is 11.7. The number of rotatable bonds is 5. The number of hydrogen-bond acceptors (Lipinski definition) is 2. The minimum Gasteiger partial charge on any atom is -0.306 e. The van der Waals surface area contributed by atoms with Crippen molar-refractivity contribution in [2.24, 2.45) is 0 Å². The molecule has 0 amide bonds. The third-order valence-electron chi connectivity index (χ3n) is 3.21. The molecule has 2 aromatic rings. The van der Waals surface area contributed by atoms with Gasteiger partial charge in [0.05, 0.1) is 6.04 Å². The lowest BCUT2D eigenvalue weighted by atomic mass is 9.99. The second kappa shape index (κ2) is 6.69. The number of halogens is 1. The van der Waals surface area contributed by atoms with E-state index in [1.165, 1.54) is 26.0 Å². The average Bonchev–Trinajstić information content (AvgIpc) is 2.80. The van der Waals surface area contributed by atoms with E-state index in [4.69, 9.17) is 0 Å². The molecule has 1 unspecified atom stereocenters. The maximum atomic E-state index is 3.65. The van der Waals surface area contributed by atoms with Crippen LogP contribution in [0.5, 0.6) is 0 Å². The first-order valence-electron chi connectivity index (χ1n) is 6.66. The van der Waals surface area contributed by atoms with E-state index in [-0.39, 0.29) is 0 Å². The van der Waals surface area contributed by atoms with Gasteiger partial charge in [-0.3, -0.25) is 0 Å². The molecule has 1 aromatic carbocycles. The topological polar surface area (TPSA) is 12.0 Å². The Morgan fingerprint density at radius 3 is 2.58 bits per heavy atom. The van der Waals surface area contributed by atoms with E-state index in [9.17, 15) is 0 Å². The SMILES string of the molecule is CCCNC(c1csc(C)c1)c1ccc(C)c(Br)c1. The normalized spacial score (nSPS) is 12.6. The highest BCUT2D eigenvalue weighted by Gasteiger charge is 2.15. The van der Waals surface area contributed by atoms with Gasteiger partial charge >= 0.3 is 0 Å². The molecule has 3 heteroatoms. The van der Waals surface area contributed by atoms with E-state index < -0.39 is 0 Å². The first-order valence-corrected chi connectivity index (χ1v) is 8.33. The Hall–Kier alpha value is -0.640. The molecule has 0 radical (unpaired) electrons. The van der Waals surface area contributed by atoms with Gasteiger partial charge in [0, 0.05) is 9.35 Å². The summed E-state index contributed by atoms with van der Waals surface area (Å²) < 4.78 is 1.18. The molecule has 1 atom stereocenters. The lowest BCUT2D eigenvalue weighted by Gasteiger charge is -2.19. The molecular formula is C16H20BrNS. The molecule has 1 nitrogen and oxygen atoms in total. The molecule has 1 aromatic heterocycles. The summed E-state index contributed by atoms with van der Waals surface area (Å²) >= 11 is 5.45. The second-order valence-corrected chi connectivity index (χ2v) is 6.86. The lowest BCUT2D eigenvalue weighted by Crippen LogP contribution is -2.22. The highest BCUT2D eigenvalue weighted by Crippen LogP contribution is 2.29. The highest BCUT2D eigenvalue weighted by atomic mass is 79.9. The van der Waals surface area contributed by atoms with Crippen LogP contribution in [0.4, 0.5) is 0 Å². The Morgan fingerprint density at radius 1 is 1.21 bits per heavy atom. The molecule has 1 N–H and O–H groups in total. The molecular weight excluding hydrogens is 318 g/mol. The summed E-state index contributed by atoms with van der Waals surface area (Å²) in [6.07, 6.45) is 1.15. The van der Waals surface area contributed by atoms with Crippen molar-refractivity contribution in [3.63, 3.8) is 0 Å². The maximum Gasteiger partial charge on any atom is 0.0585 e. The first-order chi connectivity index (χ1) is 9.11. The van der Waals surface area contributed by atoms with Crippen molar-refractivity contribution in [3.05, 3.63) is 55.7 Å². The zero-order valence-corrected chi connectivity index (χ0v) is 14.1. The predicted octanol–water partition coefficient (Wildman–Crippen LogP) is 5.22. The fourth-order valence-electron chi connectivity index (χ4n) is 2.12. The Morgan fingerprint density at radius 2 is 2.00 bits per heavy atom. The largest absolute Gasteiger partial charge is 0.306 e. The predicted molar refractivity (Wildman–Crippen MR) is 88.1 cm³/mol. The summed E-state index contributed by atoms with van der Waals surface area (Å²) in [6, 6.07) is 9.21. The molecule has 19 heavy (non-hydrogen) atoms. The van der Waals surface area contributed by atoms with Crippen LogP contribution < -0.4 is 5.32 Å². The fraction of sp³-hybridized carbons (Fsp3) is 0.375. The summed E-state index contributed by atoms with van der Waals surface area (Å²) in [5.74, 6) is 0. The van der Waals surface area contributed by atoms with Crippen LogP contribution in [0.15, 0.2) is 34.1 Å². The van der Waals surface area contributed by atoms with Gasteiger partial charge in [-0.15, -0.1) is 11.3 Å². The van der Waals surface area contributed by atoms with Crippen molar-refractivity contribution in [2.45, 2.75) is 33.2 Å². The third-order valence-corrected chi connectivity index (χ3v) is 4.95. The van der Waals surface area contributed by atoms with Crippen molar-refractivity contribution in [3.8, 4) is 0 Å². The van der Waals surface area contributed by atoms with E-state index in [2.05, 4.69) is 71.7 Å². The van der Waals surface area contributed by atoms with E-state index in [1.54, 1.807) is 0 Å². The molecule has 0 aliphatic heterocycles. The minimum absolute atomic E-state index is 0.293. The van der Waals surface area contributed by atoms with Gasteiger partial charge in [-0.1, -0.05) is 35.0 Å². The number of aryl methyl sites for hydroxylation is 2. The van der Waals surface area contributed by atoms with Crippen molar-refractivity contribution in [1.29, 1.82) is 0 Å². The van der Waals surface area contributed by atoms with Gasteiger partial charge in [-0.2, -0.15) is 0 Å². The summed E-state index contributed by atoms with van der Waals surface area (Å²) in [6.45, 7) is 7.52. The summed E-state index contributed by atoms with van der Waals surface area (Å²) in [5, 5.41) is 5.91. The Kier molecular flexibility index (Phi) is 5.20. The van der Waals surface area contributed by atoms with Gasteiger partial charge in [0.1, 0.15) is 0 Å². The van der Waals surface area contributed by atoms with Crippen molar-refractivity contribution in [2.75, 3.05) is 6.54 Å². The van der Waals surface area contributed by atoms with Crippen LogP contribution in [0.2, 0.25) is 0 Å². The van der Waals surface area contributed by atoms with Crippen LogP contribution in [0.3, 0.4) is 0 Å². The van der Waals surface area contributed by atoms with Gasteiger partial charge in [0.2, 0.25) is 0 Å². The highest BCUT2D eigenvalue weighted by molar-refractivity contribution is 9.10. The zero-order chi connectivity index (χ0) is 13.8. The van der Waals surface area contributed by atoms with E-state index in [0.717, 1.165) is 13.0 Å². The second-order valence-electron chi connectivity index (χ2n) is 4.89. The van der Waals surface area contributed by atoms with Gasteiger partial charge < -0.3 is 5.32 Å². The summed E-state index contributed by atoms with van der Waals surface area (Å²) in [5.41, 5.74) is 3.97. The molecule has 2 rings (SSSR count). The van der Waals surface area contributed by atoms with E-state index in [1.807, 2.05) is 11.3 Å². The van der Waals surface area contributed by atoms with Crippen LogP contribution in [0, 0.1) is 13.8 Å². The molecule has 0 saturated carbocycles. The molecule has 0 spiro atoms. The van der Waals surface area contributed by atoms with Crippen LogP contribution in [-0.2, 0) is 0 Å². The first kappa shape index (κ1) is 14.8. The van der Waals surface area contributed by atoms with Crippen molar-refractivity contribution in [1.82, 2.24) is 5.32 Å². The molecule has 102 valence electrons. The minimum atomic E-state index is 0.293. The monoisotopic (exact) mass is 337 g/mol. The van der Waals surface area contributed by atoms with Crippen LogP contribution >= 0.6 is 27.3 Å². The van der Waals surface area contributed by atoms with Gasteiger partial charge in [-0.25, -0.2) is 0 Å². The van der Waals surface area contributed by atoms with Crippen molar-refractivity contribution >= 4 is 27.3 Å². The number of nitrogens with one attached hydrogen (secondary N) is 1.